The molecule has 14 heavy (non-hydrogen) atoms. The molecule has 0 aliphatic rings. The first kappa shape index (κ1) is 10.9. The Kier molecular flexibility index (Phi) is 3.83. The Balaban J connectivity index is 2.78. The number of nitrogens with zero attached hydrogens (tertiary/aromatic N) is 1. The van der Waals surface area contributed by atoms with E-state index in [1.165, 1.54) is 12.1 Å². The summed E-state index contributed by atoms with van der Waals surface area (Å²) in [5, 5.41) is 0. The Morgan fingerprint density at radius 1 is 1.43 bits per heavy atom. The van der Waals surface area contributed by atoms with Crippen molar-refractivity contribution >= 4 is 22.9 Å². The molecule has 0 aliphatic carbocycles. The summed E-state index contributed by atoms with van der Waals surface area (Å²) in [6.45, 7) is 3.32. The second kappa shape index (κ2) is 4.91. The van der Waals surface area contributed by atoms with Crippen molar-refractivity contribution in [2.24, 2.45) is 5.73 Å². The van der Waals surface area contributed by atoms with Gasteiger partial charge in [-0.15, -0.1) is 0 Å². The van der Waals surface area contributed by atoms with E-state index in [-0.39, 0.29) is 5.82 Å². The summed E-state index contributed by atoms with van der Waals surface area (Å²) in [7, 11) is 0. The molecule has 0 radical (unpaired) electrons. The minimum absolute atomic E-state index is 0.236. The van der Waals surface area contributed by atoms with E-state index < -0.39 is 0 Å². The maximum atomic E-state index is 12.6. The number of hydrogen-bond acceptors (Lipinski definition) is 2. The Labute approximate surface area is 88.5 Å². The molecule has 0 bridgehead atoms. The second-order valence-corrected chi connectivity index (χ2v) is 3.48. The summed E-state index contributed by atoms with van der Waals surface area (Å²) in [6.07, 6.45) is 0. The maximum absolute atomic E-state index is 12.6. The third-order valence-electron chi connectivity index (χ3n) is 1.92. The van der Waals surface area contributed by atoms with Crippen molar-refractivity contribution < 1.29 is 4.39 Å². The molecule has 0 aromatic heterocycles. The fourth-order valence-electron chi connectivity index (χ4n) is 1.23. The van der Waals surface area contributed by atoms with Crippen molar-refractivity contribution in [1.29, 1.82) is 0 Å². The highest BCUT2D eigenvalue weighted by Gasteiger charge is 2.04. The van der Waals surface area contributed by atoms with Crippen molar-refractivity contribution in [3.05, 3.63) is 30.1 Å². The van der Waals surface area contributed by atoms with Gasteiger partial charge in [-0.2, -0.15) is 0 Å². The standard InChI is InChI=1S/C10H13FN2S/c1-2-13(7-10(12)14)9-5-3-8(11)4-6-9/h3-6H,2,7H2,1H3,(H2,12,14). The number of nitrogens with two attached hydrogens (primary N) is 1. The molecule has 0 saturated heterocycles. The molecule has 2 N–H and O–H groups in total. The van der Waals surface area contributed by atoms with Crippen LogP contribution in [0.3, 0.4) is 0 Å². The van der Waals surface area contributed by atoms with Crippen molar-refractivity contribution in [1.82, 2.24) is 0 Å². The van der Waals surface area contributed by atoms with E-state index in [4.69, 9.17) is 18.0 Å². The molecule has 1 aromatic rings. The van der Waals surface area contributed by atoms with Gasteiger partial charge in [-0.25, -0.2) is 4.39 Å². The van der Waals surface area contributed by atoms with Crippen LogP contribution in [0, 0.1) is 5.82 Å². The van der Waals surface area contributed by atoms with Gasteiger partial charge in [-0.1, -0.05) is 12.2 Å². The monoisotopic (exact) mass is 212 g/mol. The molecular weight excluding hydrogens is 199 g/mol. The topological polar surface area (TPSA) is 29.3 Å². The number of likely N-dealkylation sites (N-methyl/N-ethyl adjacent to an activating group) is 1. The summed E-state index contributed by atoms with van der Waals surface area (Å²) in [5.41, 5.74) is 6.38. The van der Waals surface area contributed by atoms with Gasteiger partial charge >= 0.3 is 0 Å². The van der Waals surface area contributed by atoms with Gasteiger partial charge in [0.15, 0.2) is 0 Å². The molecule has 0 spiro atoms. The minimum Gasteiger partial charge on any atom is -0.392 e. The van der Waals surface area contributed by atoms with E-state index in [1.807, 2.05) is 11.8 Å². The molecule has 4 heteroatoms. The smallest absolute Gasteiger partial charge is 0.123 e. The molecule has 76 valence electrons. The Morgan fingerprint density at radius 3 is 2.43 bits per heavy atom. The Bertz CT molecular complexity index is 310. The Hall–Kier alpha value is -1.16. The SMILES string of the molecule is CCN(CC(N)=S)c1ccc(F)cc1. The predicted molar refractivity (Wildman–Crippen MR) is 61.1 cm³/mol. The summed E-state index contributed by atoms with van der Waals surface area (Å²) >= 11 is 4.83. The average Bonchev–Trinajstić information content (AvgIpc) is 2.15. The first-order valence-electron chi connectivity index (χ1n) is 4.42. The average molecular weight is 212 g/mol. The van der Waals surface area contributed by atoms with Crippen LogP contribution in [0.1, 0.15) is 6.92 Å². The zero-order chi connectivity index (χ0) is 10.6. The van der Waals surface area contributed by atoms with Crippen molar-refractivity contribution in [3.63, 3.8) is 0 Å². The van der Waals surface area contributed by atoms with Gasteiger partial charge in [0.05, 0.1) is 11.5 Å². The second-order valence-electron chi connectivity index (χ2n) is 2.96. The summed E-state index contributed by atoms with van der Waals surface area (Å²) in [5.74, 6) is -0.236. The van der Waals surface area contributed by atoms with Gasteiger partial charge in [0.1, 0.15) is 5.82 Å². The largest absolute Gasteiger partial charge is 0.392 e. The Morgan fingerprint density at radius 2 is 2.00 bits per heavy atom. The number of hydrogen-bond donors (Lipinski definition) is 1. The van der Waals surface area contributed by atoms with Crippen LogP contribution >= 0.6 is 12.2 Å². The molecule has 0 atom stereocenters. The highest BCUT2D eigenvalue weighted by Crippen LogP contribution is 2.13. The van der Waals surface area contributed by atoms with Crippen LogP contribution in [0.15, 0.2) is 24.3 Å². The zero-order valence-electron chi connectivity index (χ0n) is 8.03. The zero-order valence-corrected chi connectivity index (χ0v) is 8.85. The third-order valence-corrected chi connectivity index (χ3v) is 2.05. The molecule has 0 aliphatic heterocycles. The highest BCUT2D eigenvalue weighted by atomic mass is 32.1. The molecule has 0 heterocycles. The van der Waals surface area contributed by atoms with Gasteiger partial charge < -0.3 is 10.6 Å². The lowest BCUT2D eigenvalue weighted by Gasteiger charge is -2.22. The van der Waals surface area contributed by atoms with E-state index in [2.05, 4.69) is 0 Å². The van der Waals surface area contributed by atoms with Crippen LogP contribution in [0.4, 0.5) is 10.1 Å². The van der Waals surface area contributed by atoms with Crippen LogP contribution in [0.25, 0.3) is 0 Å². The number of thiocarbonyl (C=S) groups is 1. The normalized spacial score (nSPS) is 9.86. The van der Waals surface area contributed by atoms with Crippen LogP contribution in [-0.4, -0.2) is 18.1 Å². The van der Waals surface area contributed by atoms with Crippen LogP contribution in [0.5, 0.6) is 0 Å². The van der Waals surface area contributed by atoms with Gasteiger partial charge in [-0.3, -0.25) is 0 Å². The van der Waals surface area contributed by atoms with Crippen LogP contribution < -0.4 is 10.6 Å². The van der Waals surface area contributed by atoms with E-state index in [0.717, 1.165) is 12.2 Å². The van der Waals surface area contributed by atoms with Crippen molar-refractivity contribution in [2.45, 2.75) is 6.92 Å². The minimum atomic E-state index is -0.236. The maximum Gasteiger partial charge on any atom is 0.123 e. The van der Waals surface area contributed by atoms with Gasteiger partial charge in [0.2, 0.25) is 0 Å². The molecule has 0 saturated carbocycles. The van der Waals surface area contributed by atoms with Crippen LogP contribution in [-0.2, 0) is 0 Å². The van der Waals surface area contributed by atoms with Gasteiger partial charge in [-0.05, 0) is 31.2 Å². The third kappa shape index (κ3) is 2.96. The first-order chi connectivity index (χ1) is 6.63. The molecule has 1 aromatic carbocycles. The quantitative estimate of drug-likeness (QED) is 0.773. The molecule has 0 amide bonds. The molecule has 1 rings (SSSR count). The first-order valence-corrected chi connectivity index (χ1v) is 4.83. The van der Waals surface area contributed by atoms with E-state index in [1.54, 1.807) is 12.1 Å². The van der Waals surface area contributed by atoms with E-state index in [9.17, 15) is 4.39 Å². The lowest BCUT2D eigenvalue weighted by atomic mass is 10.3. The summed E-state index contributed by atoms with van der Waals surface area (Å²) in [4.78, 5) is 2.43. The number of benzene rings is 1. The van der Waals surface area contributed by atoms with E-state index in [0.29, 0.717) is 11.5 Å². The molecule has 0 fully saturated rings. The summed E-state index contributed by atoms with van der Waals surface area (Å²) < 4.78 is 12.6. The lowest BCUT2D eigenvalue weighted by molar-refractivity contribution is 0.627. The fraction of sp³-hybridized carbons (Fsp3) is 0.300. The molecule has 0 unspecified atom stereocenters. The lowest BCUT2D eigenvalue weighted by Crippen LogP contribution is -2.32. The fourth-order valence-corrected chi connectivity index (χ4v) is 1.38. The predicted octanol–water partition coefficient (Wildman–Crippen LogP) is 1.94. The number of halogens is 1. The summed E-state index contributed by atoms with van der Waals surface area (Å²) in [6, 6.07) is 6.29. The number of anilines is 1. The van der Waals surface area contributed by atoms with Crippen molar-refractivity contribution in [2.75, 3.05) is 18.0 Å². The van der Waals surface area contributed by atoms with Gasteiger partial charge in [0.25, 0.3) is 0 Å². The van der Waals surface area contributed by atoms with Crippen LogP contribution in [0.2, 0.25) is 0 Å². The van der Waals surface area contributed by atoms with Crippen molar-refractivity contribution in [3.8, 4) is 0 Å². The van der Waals surface area contributed by atoms with Gasteiger partial charge in [0, 0.05) is 12.2 Å². The number of rotatable bonds is 4. The van der Waals surface area contributed by atoms with E-state index >= 15 is 0 Å². The highest BCUT2D eigenvalue weighted by molar-refractivity contribution is 7.80. The molecular formula is C10H13FN2S. The molecule has 2 nitrogen and oxygen atoms in total.